The Morgan fingerprint density at radius 2 is 2.08 bits per heavy atom. The molecule has 0 spiro atoms. The summed E-state index contributed by atoms with van der Waals surface area (Å²) >= 11 is 0. The molecule has 1 aromatic carbocycles. The Hall–Kier alpha value is -1.67. The van der Waals surface area contributed by atoms with Crippen LogP contribution in [0.1, 0.15) is 12.0 Å². The number of fused-ring (bicyclic) bond motifs is 1. The molecule has 138 valence electrons. The van der Waals surface area contributed by atoms with Crippen molar-refractivity contribution in [3.05, 3.63) is 29.8 Å². The number of methoxy groups -OCH3 is 1. The Morgan fingerprint density at radius 1 is 1.28 bits per heavy atom. The van der Waals surface area contributed by atoms with Gasteiger partial charge in [-0.05, 0) is 17.7 Å². The van der Waals surface area contributed by atoms with Crippen molar-refractivity contribution in [1.29, 1.82) is 0 Å². The van der Waals surface area contributed by atoms with Gasteiger partial charge in [-0.25, -0.2) is 0 Å². The van der Waals surface area contributed by atoms with Gasteiger partial charge in [-0.2, -0.15) is 0 Å². The Bertz CT molecular complexity index is 621. The topological polar surface area (TPSA) is 83.8 Å². The molecule has 5 atom stereocenters. The molecule has 7 nitrogen and oxygen atoms in total. The highest BCUT2D eigenvalue weighted by Crippen LogP contribution is 2.31. The predicted octanol–water partition coefficient (Wildman–Crippen LogP) is 0.433. The van der Waals surface area contributed by atoms with Crippen molar-refractivity contribution in [2.75, 3.05) is 27.8 Å². The summed E-state index contributed by atoms with van der Waals surface area (Å²) < 4.78 is 16.8. The predicted molar refractivity (Wildman–Crippen MR) is 92.9 cm³/mol. The van der Waals surface area contributed by atoms with Crippen molar-refractivity contribution in [3.63, 3.8) is 0 Å². The molecule has 0 amide bonds. The molecule has 1 aromatic rings. The first-order chi connectivity index (χ1) is 12.0. The number of aliphatic hydroxyl groups excluding tert-OH is 2. The van der Waals surface area contributed by atoms with E-state index < -0.39 is 24.4 Å². The van der Waals surface area contributed by atoms with Gasteiger partial charge < -0.3 is 29.3 Å². The molecular formula is C18H26N2O5. The van der Waals surface area contributed by atoms with Gasteiger partial charge in [0.05, 0.1) is 26.4 Å². The van der Waals surface area contributed by atoms with Gasteiger partial charge in [0.1, 0.15) is 35.9 Å². The van der Waals surface area contributed by atoms with Crippen molar-refractivity contribution in [2.45, 2.75) is 43.5 Å². The standard InChI is InChI=1S/C18H26N2O5/c1-20(2)15-8-13-16(19-15)18(22)17(21)14(25-13)10-24-9-11-5-4-6-12(7-11)23-3/h4-7,13-14,16-18,21-22H,8-10H2,1-3H3/t13-,14-,16+,17-,18-/m1/s1. The summed E-state index contributed by atoms with van der Waals surface area (Å²) in [5, 5.41) is 20.7. The lowest BCUT2D eigenvalue weighted by atomic mass is 9.93. The number of amidine groups is 1. The van der Waals surface area contributed by atoms with Gasteiger partial charge >= 0.3 is 0 Å². The second-order valence-corrected chi connectivity index (χ2v) is 6.70. The molecule has 0 saturated carbocycles. The molecule has 25 heavy (non-hydrogen) atoms. The lowest BCUT2D eigenvalue weighted by Crippen LogP contribution is -2.56. The quantitative estimate of drug-likeness (QED) is 0.801. The van der Waals surface area contributed by atoms with E-state index in [0.29, 0.717) is 13.0 Å². The first-order valence-electron chi connectivity index (χ1n) is 8.46. The summed E-state index contributed by atoms with van der Waals surface area (Å²) in [6.45, 7) is 0.587. The number of rotatable bonds is 5. The minimum Gasteiger partial charge on any atom is -0.497 e. The van der Waals surface area contributed by atoms with Gasteiger partial charge in [0.25, 0.3) is 0 Å². The van der Waals surface area contributed by atoms with Crippen LogP contribution < -0.4 is 4.74 Å². The third-order valence-electron chi connectivity index (χ3n) is 4.69. The van der Waals surface area contributed by atoms with Crippen molar-refractivity contribution in [1.82, 2.24) is 4.90 Å². The van der Waals surface area contributed by atoms with E-state index >= 15 is 0 Å². The molecule has 2 heterocycles. The molecule has 2 N–H and O–H groups in total. The summed E-state index contributed by atoms with van der Waals surface area (Å²) in [5.74, 6) is 1.65. The van der Waals surface area contributed by atoms with E-state index in [4.69, 9.17) is 14.2 Å². The maximum absolute atomic E-state index is 10.4. The zero-order chi connectivity index (χ0) is 18.0. The summed E-state index contributed by atoms with van der Waals surface area (Å²) in [5.41, 5.74) is 0.974. The molecule has 0 bridgehead atoms. The van der Waals surface area contributed by atoms with Crippen LogP contribution in [0.3, 0.4) is 0 Å². The van der Waals surface area contributed by atoms with Crippen LogP contribution in [0.5, 0.6) is 5.75 Å². The van der Waals surface area contributed by atoms with Gasteiger partial charge in [-0.15, -0.1) is 0 Å². The third-order valence-corrected chi connectivity index (χ3v) is 4.69. The van der Waals surface area contributed by atoms with Crippen molar-refractivity contribution < 1.29 is 24.4 Å². The van der Waals surface area contributed by atoms with Crippen molar-refractivity contribution in [2.24, 2.45) is 4.99 Å². The number of hydrogen-bond acceptors (Lipinski definition) is 7. The van der Waals surface area contributed by atoms with E-state index in [9.17, 15) is 10.2 Å². The molecule has 1 saturated heterocycles. The fraction of sp³-hybridized carbons (Fsp3) is 0.611. The lowest BCUT2D eigenvalue weighted by Gasteiger charge is -2.38. The zero-order valence-corrected chi connectivity index (χ0v) is 14.8. The van der Waals surface area contributed by atoms with Gasteiger partial charge in [-0.3, -0.25) is 4.99 Å². The summed E-state index contributed by atoms with van der Waals surface area (Å²) in [6.07, 6.45) is -2.12. The summed E-state index contributed by atoms with van der Waals surface area (Å²) in [4.78, 5) is 6.39. The Morgan fingerprint density at radius 3 is 2.80 bits per heavy atom. The molecule has 0 aliphatic carbocycles. The van der Waals surface area contributed by atoms with Crippen LogP contribution >= 0.6 is 0 Å². The SMILES string of the molecule is COc1cccc(COC[C@H]2O[C@@H]3CC(N(C)C)=N[C@@H]3[C@@H](O)[C@@H]2O)c1. The van der Waals surface area contributed by atoms with Crippen LogP contribution in [-0.4, -0.2) is 79.2 Å². The number of nitrogens with zero attached hydrogens (tertiary/aromatic N) is 2. The second kappa shape index (κ2) is 7.70. The molecule has 7 heteroatoms. The van der Waals surface area contributed by atoms with E-state index in [1.54, 1.807) is 7.11 Å². The number of ether oxygens (including phenoxy) is 3. The van der Waals surface area contributed by atoms with Gasteiger partial charge in [-0.1, -0.05) is 12.1 Å². The van der Waals surface area contributed by atoms with Crippen molar-refractivity contribution in [3.8, 4) is 5.75 Å². The average Bonchev–Trinajstić information content (AvgIpc) is 3.04. The molecule has 3 rings (SSSR count). The van der Waals surface area contributed by atoms with Gasteiger partial charge in [0, 0.05) is 20.5 Å². The molecular weight excluding hydrogens is 324 g/mol. The Balaban J connectivity index is 1.55. The van der Waals surface area contributed by atoms with Crippen molar-refractivity contribution >= 4 is 5.84 Å². The highest BCUT2D eigenvalue weighted by molar-refractivity contribution is 5.84. The molecule has 0 aromatic heterocycles. The Labute approximate surface area is 147 Å². The van der Waals surface area contributed by atoms with Crippen LogP contribution in [0.15, 0.2) is 29.3 Å². The first kappa shape index (κ1) is 18.1. The molecule has 2 aliphatic rings. The van der Waals surface area contributed by atoms with Crippen LogP contribution in [0.4, 0.5) is 0 Å². The lowest BCUT2D eigenvalue weighted by molar-refractivity contribution is -0.189. The minimum absolute atomic E-state index is 0.204. The fourth-order valence-electron chi connectivity index (χ4n) is 3.25. The Kier molecular flexibility index (Phi) is 5.58. The van der Waals surface area contributed by atoms with E-state index in [1.807, 2.05) is 43.3 Å². The van der Waals surface area contributed by atoms with Crippen LogP contribution in [0.2, 0.25) is 0 Å². The summed E-state index contributed by atoms with van der Waals surface area (Å²) in [7, 11) is 5.44. The van der Waals surface area contributed by atoms with Crippen LogP contribution in [0, 0.1) is 0 Å². The van der Waals surface area contributed by atoms with Crippen LogP contribution in [0.25, 0.3) is 0 Å². The largest absolute Gasteiger partial charge is 0.497 e. The second-order valence-electron chi connectivity index (χ2n) is 6.70. The highest BCUT2D eigenvalue weighted by atomic mass is 16.6. The summed E-state index contributed by atoms with van der Waals surface area (Å²) in [6, 6.07) is 7.20. The first-order valence-corrected chi connectivity index (χ1v) is 8.46. The third kappa shape index (κ3) is 3.95. The molecule has 0 unspecified atom stereocenters. The normalized spacial score (nSPS) is 31.4. The highest BCUT2D eigenvalue weighted by Gasteiger charge is 2.47. The molecule has 1 fully saturated rings. The average molecular weight is 350 g/mol. The van der Waals surface area contributed by atoms with Gasteiger partial charge in [0.2, 0.25) is 0 Å². The molecule has 0 radical (unpaired) electrons. The monoisotopic (exact) mass is 350 g/mol. The van der Waals surface area contributed by atoms with E-state index in [2.05, 4.69) is 4.99 Å². The fourth-order valence-corrected chi connectivity index (χ4v) is 3.25. The molecule has 2 aliphatic heterocycles. The van der Waals surface area contributed by atoms with E-state index in [-0.39, 0.29) is 12.7 Å². The zero-order valence-electron chi connectivity index (χ0n) is 14.8. The van der Waals surface area contributed by atoms with E-state index in [0.717, 1.165) is 17.1 Å². The number of benzene rings is 1. The maximum atomic E-state index is 10.4. The minimum atomic E-state index is -1.02. The maximum Gasteiger partial charge on any atom is 0.119 e. The number of hydrogen-bond donors (Lipinski definition) is 2. The van der Waals surface area contributed by atoms with Crippen LogP contribution in [-0.2, 0) is 16.1 Å². The smallest absolute Gasteiger partial charge is 0.119 e. The number of aliphatic imine (C=N–C) groups is 1. The van der Waals surface area contributed by atoms with E-state index in [1.165, 1.54) is 0 Å². The van der Waals surface area contributed by atoms with Gasteiger partial charge in [0.15, 0.2) is 0 Å². The number of aliphatic hydroxyl groups is 2.